The van der Waals surface area contributed by atoms with Gasteiger partial charge in [-0.2, -0.15) is 4.98 Å². The molecule has 1 aliphatic heterocycles. The van der Waals surface area contributed by atoms with Crippen LogP contribution in [0.3, 0.4) is 0 Å². The quantitative estimate of drug-likeness (QED) is 0.844. The Morgan fingerprint density at radius 1 is 1.17 bits per heavy atom. The summed E-state index contributed by atoms with van der Waals surface area (Å²) < 4.78 is 1.86. The molecule has 0 spiro atoms. The van der Waals surface area contributed by atoms with Gasteiger partial charge in [0.2, 0.25) is 11.1 Å². The van der Waals surface area contributed by atoms with E-state index in [0.717, 1.165) is 40.8 Å². The topological polar surface area (TPSA) is 59.8 Å². The summed E-state index contributed by atoms with van der Waals surface area (Å²) in [6.45, 7) is 0. The molecule has 1 aromatic heterocycles. The molecule has 0 amide bonds. The molecule has 0 saturated heterocycles. The first-order chi connectivity index (χ1) is 11.7. The fourth-order valence-corrected chi connectivity index (χ4v) is 4.07. The maximum absolute atomic E-state index is 12.7. The van der Waals surface area contributed by atoms with Gasteiger partial charge < -0.3 is 5.32 Å². The highest BCUT2D eigenvalue weighted by Gasteiger charge is 2.36. The predicted molar refractivity (Wildman–Crippen MR) is 97.7 cm³/mol. The van der Waals surface area contributed by atoms with Crippen LogP contribution in [0.1, 0.15) is 30.9 Å². The van der Waals surface area contributed by atoms with Crippen LogP contribution in [-0.2, 0) is 4.79 Å². The Bertz CT molecular complexity index is 826. The largest absolute Gasteiger partial charge is 0.328 e. The summed E-state index contributed by atoms with van der Waals surface area (Å²) in [6.07, 6.45) is 6.42. The van der Waals surface area contributed by atoms with E-state index in [4.69, 9.17) is 0 Å². The van der Waals surface area contributed by atoms with E-state index in [1.54, 1.807) is 11.8 Å². The number of thioether (sulfide) groups is 2. The van der Waals surface area contributed by atoms with E-state index in [1.807, 2.05) is 10.9 Å². The van der Waals surface area contributed by atoms with Gasteiger partial charge in [0.1, 0.15) is 6.04 Å². The number of hydrogen-bond donors (Lipinski definition) is 1. The average Bonchev–Trinajstić information content (AvgIpc) is 3.03. The van der Waals surface area contributed by atoms with Crippen LogP contribution in [0.2, 0.25) is 0 Å². The summed E-state index contributed by atoms with van der Waals surface area (Å²) in [5.74, 6) is 0.946. The number of carbonyl (C=O) groups is 1. The Morgan fingerprint density at radius 2 is 1.96 bits per heavy atom. The number of allylic oxidation sites excluding steroid dienone is 2. The Labute approximate surface area is 149 Å². The Balaban J connectivity index is 1.87. The SMILES string of the molecule is CSc1ccc([C@@H]2C3=C(CCCC3=O)Nc3nc(SC)nn32)cc1. The second kappa shape index (κ2) is 6.29. The molecule has 1 aliphatic carbocycles. The van der Waals surface area contributed by atoms with E-state index in [9.17, 15) is 4.79 Å². The van der Waals surface area contributed by atoms with Gasteiger partial charge in [-0.3, -0.25) is 4.79 Å². The van der Waals surface area contributed by atoms with Gasteiger partial charge in [-0.25, -0.2) is 4.68 Å². The molecule has 2 aromatic rings. The summed E-state index contributed by atoms with van der Waals surface area (Å²) in [5, 5.41) is 8.66. The molecule has 7 heteroatoms. The van der Waals surface area contributed by atoms with Crippen molar-refractivity contribution >= 4 is 35.3 Å². The summed E-state index contributed by atoms with van der Waals surface area (Å²) in [5.41, 5.74) is 2.94. The molecule has 2 heterocycles. The molecule has 5 nitrogen and oxygen atoms in total. The van der Waals surface area contributed by atoms with E-state index in [1.165, 1.54) is 16.7 Å². The van der Waals surface area contributed by atoms with Crippen molar-refractivity contribution in [2.75, 3.05) is 17.8 Å². The van der Waals surface area contributed by atoms with Crippen molar-refractivity contribution in [1.82, 2.24) is 14.8 Å². The third-order valence-electron chi connectivity index (χ3n) is 4.46. The standard InChI is InChI=1S/C17H18N4OS2/c1-23-11-8-6-10(7-9-11)15-14-12(4-3-5-13(14)22)18-16-19-17(24-2)20-21(15)16/h6-9,15H,3-5H2,1-2H3,(H,18,19,20)/t15-/m1/s1. The lowest BCUT2D eigenvalue weighted by molar-refractivity contribution is -0.116. The van der Waals surface area contributed by atoms with Gasteiger partial charge in [0.15, 0.2) is 5.78 Å². The van der Waals surface area contributed by atoms with Crippen LogP contribution in [0.4, 0.5) is 5.95 Å². The summed E-state index contributed by atoms with van der Waals surface area (Å²) >= 11 is 3.22. The molecule has 0 fully saturated rings. The van der Waals surface area contributed by atoms with Gasteiger partial charge >= 0.3 is 0 Å². The Kier molecular flexibility index (Phi) is 4.14. The Hall–Kier alpha value is -1.73. The maximum atomic E-state index is 12.7. The van der Waals surface area contributed by atoms with Crippen molar-refractivity contribution in [2.24, 2.45) is 0 Å². The molecule has 1 N–H and O–H groups in total. The number of Topliss-reactive ketones (excluding diaryl/α,β-unsaturated/α-hetero) is 1. The average molecular weight is 358 g/mol. The van der Waals surface area contributed by atoms with Gasteiger partial charge in [0.25, 0.3) is 0 Å². The fourth-order valence-electron chi connectivity index (χ4n) is 3.32. The first kappa shape index (κ1) is 15.8. The third-order valence-corrected chi connectivity index (χ3v) is 5.74. The van der Waals surface area contributed by atoms with Crippen molar-refractivity contribution in [1.29, 1.82) is 0 Å². The monoisotopic (exact) mass is 358 g/mol. The molecule has 1 aromatic carbocycles. The van der Waals surface area contributed by atoms with E-state index < -0.39 is 0 Å². The highest BCUT2D eigenvalue weighted by atomic mass is 32.2. The minimum absolute atomic E-state index is 0.187. The lowest BCUT2D eigenvalue weighted by atomic mass is 9.85. The van der Waals surface area contributed by atoms with Crippen molar-refractivity contribution in [3.05, 3.63) is 41.1 Å². The molecular weight excluding hydrogens is 340 g/mol. The number of fused-ring (bicyclic) bond motifs is 1. The van der Waals surface area contributed by atoms with E-state index >= 15 is 0 Å². The molecule has 1 atom stereocenters. The van der Waals surface area contributed by atoms with Gasteiger partial charge in [-0.1, -0.05) is 23.9 Å². The number of aromatic nitrogens is 3. The van der Waals surface area contributed by atoms with Crippen LogP contribution in [0.15, 0.2) is 45.6 Å². The minimum atomic E-state index is -0.187. The van der Waals surface area contributed by atoms with Crippen molar-refractivity contribution < 1.29 is 4.79 Å². The number of carbonyl (C=O) groups excluding carboxylic acids is 1. The Morgan fingerprint density at radius 3 is 2.67 bits per heavy atom. The molecule has 0 unspecified atom stereocenters. The smallest absolute Gasteiger partial charge is 0.227 e. The molecule has 24 heavy (non-hydrogen) atoms. The first-order valence-corrected chi connectivity index (χ1v) is 10.3. The molecule has 0 bridgehead atoms. The molecule has 0 saturated carbocycles. The molecule has 4 rings (SSSR count). The van der Waals surface area contributed by atoms with E-state index in [-0.39, 0.29) is 11.8 Å². The third kappa shape index (κ3) is 2.56. The number of rotatable bonds is 3. The second-order valence-electron chi connectivity index (χ2n) is 5.84. The van der Waals surface area contributed by atoms with Crippen LogP contribution < -0.4 is 5.32 Å². The molecule has 0 radical (unpaired) electrons. The zero-order chi connectivity index (χ0) is 16.7. The number of ketones is 1. The van der Waals surface area contributed by atoms with Crippen LogP contribution in [0.5, 0.6) is 0 Å². The van der Waals surface area contributed by atoms with E-state index in [2.05, 4.69) is 45.9 Å². The molecule has 2 aliphatic rings. The van der Waals surface area contributed by atoms with Gasteiger partial charge in [0, 0.05) is 22.6 Å². The summed E-state index contributed by atoms with van der Waals surface area (Å²) in [6, 6.07) is 8.20. The zero-order valence-corrected chi connectivity index (χ0v) is 15.2. The van der Waals surface area contributed by atoms with Crippen molar-refractivity contribution in [3.63, 3.8) is 0 Å². The number of nitrogens with zero attached hydrogens (tertiary/aromatic N) is 3. The maximum Gasteiger partial charge on any atom is 0.227 e. The van der Waals surface area contributed by atoms with Gasteiger partial charge in [0.05, 0.1) is 0 Å². The van der Waals surface area contributed by atoms with Gasteiger partial charge in [-0.05, 0) is 43.0 Å². The lowest BCUT2D eigenvalue weighted by Gasteiger charge is -2.32. The predicted octanol–water partition coefficient (Wildman–Crippen LogP) is 3.74. The lowest BCUT2D eigenvalue weighted by Crippen LogP contribution is -2.31. The van der Waals surface area contributed by atoms with Crippen LogP contribution in [-0.4, -0.2) is 33.1 Å². The van der Waals surface area contributed by atoms with Crippen LogP contribution in [0.25, 0.3) is 0 Å². The number of hydrogen-bond acceptors (Lipinski definition) is 6. The number of nitrogens with one attached hydrogen (secondary N) is 1. The van der Waals surface area contributed by atoms with Crippen molar-refractivity contribution in [3.8, 4) is 0 Å². The fraction of sp³-hybridized carbons (Fsp3) is 0.353. The molecular formula is C17H18N4OS2. The van der Waals surface area contributed by atoms with Crippen LogP contribution in [0, 0.1) is 0 Å². The normalized spacial score (nSPS) is 19.8. The van der Waals surface area contributed by atoms with E-state index in [0.29, 0.717) is 6.42 Å². The van der Waals surface area contributed by atoms with Crippen molar-refractivity contribution in [2.45, 2.75) is 35.4 Å². The number of anilines is 1. The summed E-state index contributed by atoms with van der Waals surface area (Å²) in [4.78, 5) is 18.4. The number of benzene rings is 1. The second-order valence-corrected chi connectivity index (χ2v) is 7.49. The summed E-state index contributed by atoms with van der Waals surface area (Å²) in [7, 11) is 0. The highest BCUT2D eigenvalue weighted by molar-refractivity contribution is 7.98. The van der Waals surface area contributed by atoms with Crippen LogP contribution >= 0.6 is 23.5 Å². The first-order valence-electron chi connectivity index (χ1n) is 7.89. The zero-order valence-electron chi connectivity index (χ0n) is 13.6. The molecule has 124 valence electrons. The highest BCUT2D eigenvalue weighted by Crippen LogP contribution is 2.40. The minimum Gasteiger partial charge on any atom is -0.328 e. The van der Waals surface area contributed by atoms with Gasteiger partial charge in [-0.15, -0.1) is 16.9 Å².